The van der Waals surface area contributed by atoms with Gasteiger partial charge in [-0.15, -0.1) is 0 Å². The summed E-state index contributed by atoms with van der Waals surface area (Å²) < 4.78 is 1.87. The van der Waals surface area contributed by atoms with Crippen LogP contribution in [0.5, 0.6) is 0 Å². The SMILES string of the molecule is CCCNc1ccnc(-c2cnn(CC)c2)n1. The maximum atomic E-state index is 4.45. The van der Waals surface area contributed by atoms with Gasteiger partial charge in [0.15, 0.2) is 5.82 Å². The van der Waals surface area contributed by atoms with E-state index in [4.69, 9.17) is 0 Å². The minimum absolute atomic E-state index is 0.714. The Hall–Kier alpha value is -1.91. The summed E-state index contributed by atoms with van der Waals surface area (Å²) >= 11 is 0. The van der Waals surface area contributed by atoms with Crippen molar-refractivity contribution in [3.63, 3.8) is 0 Å². The second-order valence-electron chi connectivity index (χ2n) is 3.78. The molecule has 5 heteroatoms. The zero-order chi connectivity index (χ0) is 12.1. The molecule has 0 saturated carbocycles. The lowest BCUT2D eigenvalue weighted by molar-refractivity contribution is 0.660. The molecule has 0 atom stereocenters. The van der Waals surface area contributed by atoms with Crippen LogP contribution in [0, 0.1) is 0 Å². The molecule has 5 nitrogen and oxygen atoms in total. The maximum Gasteiger partial charge on any atom is 0.164 e. The average Bonchev–Trinajstić information content (AvgIpc) is 2.85. The Morgan fingerprint density at radius 1 is 1.35 bits per heavy atom. The molecule has 2 aromatic rings. The summed E-state index contributed by atoms with van der Waals surface area (Å²) in [6.45, 7) is 5.95. The van der Waals surface area contributed by atoms with Crippen LogP contribution in [0.15, 0.2) is 24.7 Å². The fraction of sp³-hybridized carbons (Fsp3) is 0.417. The van der Waals surface area contributed by atoms with Crippen molar-refractivity contribution in [3.8, 4) is 11.4 Å². The fourth-order valence-electron chi connectivity index (χ4n) is 1.50. The molecule has 0 saturated heterocycles. The Labute approximate surface area is 101 Å². The van der Waals surface area contributed by atoms with Gasteiger partial charge in [-0.2, -0.15) is 5.10 Å². The molecule has 2 heterocycles. The van der Waals surface area contributed by atoms with Crippen molar-refractivity contribution in [2.24, 2.45) is 0 Å². The third kappa shape index (κ3) is 2.81. The first-order valence-electron chi connectivity index (χ1n) is 5.93. The second-order valence-corrected chi connectivity index (χ2v) is 3.78. The van der Waals surface area contributed by atoms with Crippen LogP contribution in [0.1, 0.15) is 20.3 Å². The number of rotatable bonds is 5. The highest BCUT2D eigenvalue weighted by molar-refractivity contribution is 5.54. The van der Waals surface area contributed by atoms with Crippen LogP contribution in [0.4, 0.5) is 5.82 Å². The van der Waals surface area contributed by atoms with Gasteiger partial charge in [0.1, 0.15) is 5.82 Å². The predicted octanol–water partition coefficient (Wildman–Crippen LogP) is 2.18. The van der Waals surface area contributed by atoms with E-state index >= 15 is 0 Å². The summed E-state index contributed by atoms with van der Waals surface area (Å²) in [5.41, 5.74) is 0.951. The zero-order valence-corrected chi connectivity index (χ0v) is 10.2. The van der Waals surface area contributed by atoms with Gasteiger partial charge in [-0.05, 0) is 19.4 Å². The van der Waals surface area contributed by atoms with E-state index < -0.39 is 0 Å². The van der Waals surface area contributed by atoms with Gasteiger partial charge in [0, 0.05) is 25.5 Å². The van der Waals surface area contributed by atoms with Crippen LogP contribution >= 0.6 is 0 Å². The Balaban J connectivity index is 2.20. The third-order valence-corrected chi connectivity index (χ3v) is 2.43. The lowest BCUT2D eigenvalue weighted by Crippen LogP contribution is -2.02. The topological polar surface area (TPSA) is 55.6 Å². The van der Waals surface area contributed by atoms with E-state index in [0.29, 0.717) is 5.82 Å². The molecule has 0 aromatic carbocycles. The molecule has 0 aliphatic heterocycles. The van der Waals surface area contributed by atoms with Crippen molar-refractivity contribution in [2.75, 3.05) is 11.9 Å². The molecule has 0 aliphatic rings. The third-order valence-electron chi connectivity index (χ3n) is 2.43. The summed E-state index contributed by atoms with van der Waals surface area (Å²) in [7, 11) is 0. The zero-order valence-electron chi connectivity index (χ0n) is 10.2. The van der Waals surface area contributed by atoms with Crippen LogP contribution < -0.4 is 5.32 Å². The lowest BCUT2D eigenvalue weighted by Gasteiger charge is -2.04. The Bertz CT molecular complexity index is 477. The highest BCUT2D eigenvalue weighted by Gasteiger charge is 2.04. The van der Waals surface area contributed by atoms with E-state index in [1.807, 2.05) is 16.9 Å². The van der Waals surface area contributed by atoms with Crippen molar-refractivity contribution < 1.29 is 0 Å². The van der Waals surface area contributed by atoms with Crippen LogP contribution in [0.2, 0.25) is 0 Å². The van der Waals surface area contributed by atoms with E-state index in [2.05, 4.69) is 34.2 Å². The number of aromatic nitrogens is 4. The van der Waals surface area contributed by atoms with Crippen molar-refractivity contribution in [1.82, 2.24) is 19.7 Å². The van der Waals surface area contributed by atoms with Crippen molar-refractivity contribution in [3.05, 3.63) is 24.7 Å². The highest BCUT2D eigenvalue weighted by atomic mass is 15.3. The minimum Gasteiger partial charge on any atom is -0.370 e. The molecule has 0 radical (unpaired) electrons. The number of nitrogens with zero attached hydrogens (tertiary/aromatic N) is 4. The van der Waals surface area contributed by atoms with Crippen molar-refractivity contribution in [2.45, 2.75) is 26.8 Å². The quantitative estimate of drug-likeness (QED) is 0.857. The van der Waals surface area contributed by atoms with Gasteiger partial charge in [-0.1, -0.05) is 6.92 Å². The van der Waals surface area contributed by atoms with E-state index in [1.165, 1.54) is 0 Å². The summed E-state index contributed by atoms with van der Waals surface area (Å²) in [5.74, 6) is 1.58. The highest BCUT2D eigenvalue weighted by Crippen LogP contribution is 2.15. The summed E-state index contributed by atoms with van der Waals surface area (Å²) in [4.78, 5) is 8.71. The molecule has 17 heavy (non-hydrogen) atoms. The monoisotopic (exact) mass is 231 g/mol. The maximum absolute atomic E-state index is 4.45. The van der Waals surface area contributed by atoms with E-state index in [9.17, 15) is 0 Å². The smallest absolute Gasteiger partial charge is 0.164 e. The first-order chi connectivity index (χ1) is 8.33. The summed E-state index contributed by atoms with van der Waals surface area (Å²) in [6, 6.07) is 1.88. The van der Waals surface area contributed by atoms with Gasteiger partial charge < -0.3 is 5.32 Å². The second kappa shape index (κ2) is 5.43. The van der Waals surface area contributed by atoms with Gasteiger partial charge in [0.2, 0.25) is 0 Å². The first-order valence-corrected chi connectivity index (χ1v) is 5.93. The number of aryl methyl sites for hydroxylation is 1. The minimum atomic E-state index is 0.714. The standard InChI is InChI=1S/C12H17N5/c1-3-6-13-11-5-7-14-12(16-11)10-8-15-17(4-2)9-10/h5,7-9H,3-4,6H2,1-2H3,(H,13,14,16). The summed E-state index contributed by atoms with van der Waals surface area (Å²) in [5, 5.41) is 7.47. The van der Waals surface area contributed by atoms with Gasteiger partial charge >= 0.3 is 0 Å². The number of hydrogen-bond donors (Lipinski definition) is 1. The number of hydrogen-bond acceptors (Lipinski definition) is 4. The average molecular weight is 231 g/mol. The van der Waals surface area contributed by atoms with Crippen LogP contribution in [0.25, 0.3) is 11.4 Å². The molecule has 0 spiro atoms. The largest absolute Gasteiger partial charge is 0.370 e. The van der Waals surface area contributed by atoms with Gasteiger partial charge in [0.25, 0.3) is 0 Å². The molecular formula is C12H17N5. The molecule has 2 rings (SSSR count). The predicted molar refractivity (Wildman–Crippen MR) is 67.7 cm³/mol. The van der Waals surface area contributed by atoms with Gasteiger partial charge in [0.05, 0.1) is 11.8 Å². The van der Waals surface area contributed by atoms with Gasteiger partial charge in [-0.3, -0.25) is 4.68 Å². The van der Waals surface area contributed by atoms with Crippen LogP contribution in [-0.2, 0) is 6.54 Å². The van der Waals surface area contributed by atoms with Crippen LogP contribution in [-0.4, -0.2) is 26.3 Å². The van der Waals surface area contributed by atoms with E-state index in [1.54, 1.807) is 12.4 Å². The van der Waals surface area contributed by atoms with Gasteiger partial charge in [-0.25, -0.2) is 9.97 Å². The summed E-state index contributed by atoms with van der Waals surface area (Å²) in [6.07, 6.45) is 6.60. The molecule has 0 aliphatic carbocycles. The fourth-order valence-corrected chi connectivity index (χ4v) is 1.50. The Morgan fingerprint density at radius 3 is 2.94 bits per heavy atom. The molecular weight excluding hydrogens is 214 g/mol. The lowest BCUT2D eigenvalue weighted by atomic mass is 10.3. The van der Waals surface area contributed by atoms with Crippen LogP contribution in [0.3, 0.4) is 0 Å². The molecule has 0 bridgehead atoms. The molecule has 0 unspecified atom stereocenters. The molecule has 0 amide bonds. The van der Waals surface area contributed by atoms with E-state index in [-0.39, 0.29) is 0 Å². The number of nitrogens with one attached hydrogen (secondary N) is 1. The Kier molecular flexibility index (Phi) is 3.69. The molecule has 0 fully saturated rings. The first kappa shape index (κ1) is 11.6. The molecule has 2 aromatic heterocycles. The van der Waals surface area contributed by atoms with E-state index in [0.717, 1.165) is 30.9 Å². The molecule has 1 N–H and O–H groups in total. The normalized spacial score (nSPS) is 10.5. The number of anilines is 1. The van der Waals surface area contributed by atoms with Crippen molar-refractivity contribution in [1.29, 1.82) is 0 Å². The van der Waals surface area contributed by atoms with Crippen molar-refractivity contribution >= 4 is 5.82 Å². The molecule has 90 valence electrons. The Morgan fingerprint density at radius 2 is 2.24 bits per heavy atom.